The van der Waals surface area contributed by atoms with Gasteiger partial charge in [-0.1, -0.05) is 0 Å². The maximum absolute atomic E-state index is 11.3. The van der Waals surface area contributed by atoms with Gasteiger partial charge in [-0.05, 0) is 50.7 Å². The van der Waals surface area contributed by atoms with Gasteiger partial charge in [0, 0.05) is 12.6 Å². The number of nitrogens with one attached hydrogen (secondary N) is 1. The zero-order valence-corrected chi connectivity index (χ0v) is 15.8. The molecule has 1 fully saturated rings. The minimum atomic E-state index is -0.414. The summed E-state index contributed by atoms with van der Waals surface area (Å²) in [5, 5.41) is 14.7. The Morgan fingerprint density at radius 3 is 2.88 bits per heavy atom. The molecule has 0 amide bonds. The monoisotopic (exact) mass is 381 g/mol. The fourth-order valence-corrected chi connectivity index (χ4v) is 3.26. The Bertz CT molecular complexity index is 750. The van der Waals surface area contributed by atoms with Crippen LogP contribution >= 0.6 is 12.4 Å². The number of ether oxygens (including phenoxy) is 1. The van der Waals surface area contributed by atoms with E-state index in [4.69, 9.17) is 9.15 Å². The van der Waals surface area contributed by atoms with E-state index in [1.807, 2.05) is 13.1 Å². The quantitative estimate of drug-likeness (QED) is 0.609. The second kappa shape index (κ2) is 9.02. The van der Waals surface area contributed by atoms with Crippen molar-refractivity contribution in [1.29, 1.82) is 0 Å². The summed E-state index contributed by atoms with van der Waals surface area (Å²) in [5.41, 5.74) is 0.442. The number of piperidine rings is 1. The van der Waals surface area contributed by atoms with E-state index < -0.39 is 4.92 Å². The van der Waals surface area contributed by atoms with Crippen molar-refractivity contribution in [1.82, 2.24) is 10.2 Å². The molecule has 1 aromatic carbocycles. The summed E-state index contributed by atoms with van der Waals surface area (Å²) in [6.45, 7) is 2.73. The van der Waals surface area contributed by atoms with Crippen LogP contribution in [-0.4, -0.2) is 43.1 Å². The normalized spacial score (nSPS) is 17.5. The second-order valence-corrected chi connectivity index (χ2v) is 6.27. The summed E-state index contributed by atoms with van der Waals surface area (Å²) in [6, 6.07) is 8.98. The van der Waals surface area contributed by atoms with Crippen molar-refractivity contribution >= 4 is 18.1 Å². The summed E-state index contributed by atoms with van der Waals surface area (Å²) >= 11 is 0. The number of benzene rings is 1. The van der Waals surface area contributed by atoms with E-state index in [-0.39, 0.29) is 18.1 Å². The lowest BCUT2D eigenvalue weighted by Gasteiger charge is -2.31. The van der Waals surface area contributed by atoms with E-state index in [2.05, 4.69) is 10.2 Å². The highest BCUT2D eigenvalue weighted by molar-refractivity contribution is 5.85. The molecular formula is C18H24ClN3O4. The van der Waals surface area contributed by atoms with Crippen molar-refractivity contribution in [2.45, 2.75) is 25.4 Å². The first-order valence-corrected chi connectivity index (χ1v) is 8.42. The average molecular weight is 382 g/mol. The molecule has 1 saturated heterocycles. The molecule has 0 spiro atoms. The molecule has 1 aliphatic rings. The number of nitro groups is 1. The molecule has 3 rings (SSSR count). The van der Waals surface area contributed by atoms with Crippen molar-refractivity contribution in [2.24, 2.45) is 0 Å². The molecule has 26 heavy (non-hydrogen) atoms. The van der Waals surface area contributed by atoms with Gasteiger partial charge in [-0.3, -0.25) is 15.0 Å². The number of hydrogen-bond donors (Lipinski definition) is 1. The lowest BCUT2D eigenvalue weighted by atomic mass is 10.1. The Kier molecular flexibility index (Phi) is 7.02. The largest absolute Gasteiger partial charge is 0.497 e. The third kappa shape index (κ3) is 4.55. The minimum absolute atomic E-state index is 0. The van der Waals surface area contributed by atoms with Gasteiger partial charge in [0.15, 0.2) is 0 Å². The number of nitrogens with zero attached hydrogens (tertiary/aromatic N) is 2. The van der Waals surface area contributed by atoms with Gasteiger partial charge in [-0.2, -0.15) is 0 Å². The van der Waals surface area contributed by atoms with Gasteiger partial charge < -0.3 is 14.5 Å². The van der Waals surface area contributed by atoms with Crippen LogP contribution in [0.3, 0.4) is 0 Å². The third-order valence-electron chi connectivity index (χ3n) is 4.62. The third-order valence-corrected chi connectivity index (χ3v) is 4.62. The second-order valence-electron chi connectivity index (χ2n) is 6.27. The van der Waals surface area contributed by atoms with E-state index >= 15 is 0 Å². The van der Waals surface area contributed by atoms with Crippen LogP contribution in [0, 0.1) is 10.1 Å². The summed E-state index contributed by atoms with van der Waals surface area (Å²) < 4.78 is 11.0. The number of likely N-dealkylation sites (N-methyl/N-ethyl adjacent to an activating group) is 1. The van der Waals surface area contributed by atoms with Crippen LogP contribution in [0.15, 0.2) is 34.7 Å². The van der Waals surface area contributed by atoms with E-state index in [1.54, 1.807) is 18.2 Å². The topological polar surface area (TPSA) is 80.8 Å². The van der Waals surface area contributed by atoms with Gasteiger partial charge in [-0.25, -0.2) is 0 Å². The maximum atomic E-state index is 11.3. The molecule has 1 aromatic heterocycles. The first-order chi connectivity index (χ1) is 12.1. The predicted molar refractivity (Wildman–Crippen MR) is 102 cm³/mol. The molecule has 1 N–H and O–H groups in total. The number of rotatable bonds is 6. The van der Waals surface area contributed by atoms with E-state index in [0.29, 0.717) is 29.7 Å². The molecule has 0 radical (unpaired) electrons. The zero-order valence-electron chi connectivity index (χ0n) is 14.9. The molecule has 1 unspecified atom stereocenters. The Labute approximate surface area is 158 Å². The van der Waals surface area contributed by atoms with Gasteiger partial charge in [0.1, 0.15) is 17.3 Å². The summed E-state index contributed by atoms with van der Waals surface area (Å²) in [4.78, 5) is 13.3. The molecule has 7 nitrogen and oxygen atoms in total. The average Bonchev–Trinajstić information content (AvgIpc) is 3.09. The number of likely N-dealkylation sites (tertiary alicyclic amines) is 1. The van der Waals surface area contributed by atoms with E-state index in [1.165, 1.54) is 19.6 Å². The van der Waals surface area contributed by atoms with Crippen molar-refractivity contribution in [3.05, 3.63) is 46.2 Å². The number of nitro benzene ring substituents is 1. The molecule has 142 valence electrons. The van der Waals surface area contributed by atoms with Gasteiger partial charge in [0.05, 0.1) is 30.2 Å². The zero-order chi connectivity index (χ0) is 17.8. The standard InChI is InChI=1S/C18H23N3O4.ClH/c1-19-13-4-3-9-20(11-13)12-15-6-8-18(25-15)16-7-5-14(24-2)10-17(16)21(22)23;/h5-8,10,13,19H,3-4,9,11-12H2,1-2H3;1H. The first-order valence-electron chi connectivity index (χ1n) is 8.42. The van der Waals surface area contributed by atoms with Crippen LogP contribution in [0.1, 0.15) is 18.6 Å². The molecule has 0 bridgehead atoms. The number of halogens is 1. The number of hydrogen-bond acceptors (Lipinski definition) is 6. The van der Waals surface area contributed by atoms with Crippen molar-refractivity contribution in [3.63, 3.8) is 0 Å². The van der Waals surface area contributed by atoms with E-state index in [9.17, 15) is 10.1 Å². The minimum Gasteiger partial charge on any atom is -0.497 e. The highest BCUT2D eigenvalue weighted by Gasteiger charge is 2.22. The van der Waals surface area contributed by atoms with Crippen LogP contribution in [0.2, 0.25) is 0 Å². The van der Waals surface area contributed by atoms with Crippen LogP contribution in [0.5, 0.6) is 5.75 Å². The van der Waals surface area contributed by atoms with Gasteiger partial charge in [0.25, 0.3) is 5.69 Å². The molecular weight excluding hydrogens is 358 g/mol. The van der Waals surface area contributed by atoms with Gasteiger partial charge in [-0.15, -0.1) is 12.4 Å². The van der Waals surface area contributed by atoms with Crippen molar-refractivity contribution in [3.8, 4) is 17.1 Å². The first kappa shape index (κ1) is 20.2. The lowest BCUT2D eigenvalue weighted by molar-refractivity contribution is -0.384. The molecule has 0 aliphatic carbocycles. The van der Waals surface area contributed by atoms with Gasteiger partial charge in [0.2, 0.25) is 0 Å². The number of methoxy groups -OCH3 is 1. The smallest absolute Gasteiger partial charge is 0.284 e. The molecule has 2 aromatic rings. The SMILES string of the molecule is CNC1CCCN(Cc2ccc(-c3ccc(OC)cc3[N+](=O)[O-])o2)C1.Cl. The molecule has 1 aliphatic heterocycles. The van der Waals surface area contributed by atoms with Crippen LogP contribution in [0.4, 0.5) is 5.69 Å². The van der Waals surface area contributed by atoms with Crippen molar-refractivity contribution in [2.75, 3.05) is 27.2 Å². The maximum Gasteiger partial charge on any atom is 0.284 e. The summed E-state index contributed by atoms with van der Waals surface area (Å²) in [6.07, 6.45) is 2.34. The lowest BCUT2D eigenvalue weighted by Crippen LogP contribution is -2.43. The van der Waals surface area contributed by atoms with Gasteiger partial charge >= 0.3 is 0 Å². The molecule has 8 heteroatoms. The Morgan fingerprint density at radius 1 is 1.38 bits per heavy atom. The van der Waals surface area contributed by atoms with Crippen LogP contribution in [0.25, 0.3) is 11.3 Å². The van der Waals surface area contributed by atoms with Crippen LogP contribution < -0.4 is 10.1 Å². The molecule has 2 heterocycles. The Hall–Kier alpha value is -2.09. The molecule has 0 saturated carbocycles. The van der Waals surface area contributed by atoms with Crippen LogP contribution in [-0.2, 0) is 6.54 Å². The fourth-order valence-electron chi connectivity index (χ4n) is 3.26. The Morgan fingerprint density at radius 2 is 2.19 bits per heavy atom. The summed E-state index contributed by atoms with van der Waals surface area (Å²) in [5.74, 6) is 1.78. The highest BCUT2D eigenvalue weighted by Crippen LogP contribution is 2.34. The Balaban J connectivity index is 0.00000243. The fraction of sp³-hybridized carbons (Fsp3) is 0.444. The highest BCUT2D eigenvalue weighted by atomic mass is 35.5. The predicted octanol–water partition coefficient (Wildman–Crippen LogP) is 3.47. The molecule has 1 atom stereocenters. The summed E-state index contributed by atoms with van der Waals surface area (Å²) in [7, 11) is 3.47. The van der Waals surface area contributed by atoms with Crippen molar-refractivity contribution < 1.29 is 14.1 Å². The van der Waals surface area contributed by atoms with E-state index in [0.717, 1.165) is 25.3 Å². The number of furan rings is 1.